The number of benzene rings is 2. The number of halogens is 3. The fourth-order valence-corrected chi connectivity index (χ4v) is 5.27. The maximum absolute atomic E-state index is 12.9. The van der Waals surface area contributed by atoms with Crippen molar-refractivity contribution < 1.29 is 32.2 Å². The third kappa shape index (κ3) is 4.87. The summed E-state index contributed by atoms with van der Waals surface area (Å²) in [5.41, 5.74) is 3.00. The molecule has 2 aromatic carbocycles. The highest BCUT2D eigenvalue weighted by Gasteiger charge is 2.46. The van der Waals surface area contributed by atoms with Gasteiger partial charge in [-0.25, -0.2) is 4.79 Å². The SMILES string of the molecule is COc1ccc2[nH]c3c(c2c1)CCNC31CCN(CC(COc2ccccc2)OC(=O)C(F)(F)F)C1. The highest BCUT2D eigenvalue weighted by molar-refractivity contribution is 5.87. The summed E-state index contributed by atoms with van der Waals surface area (Å²) in [6.07, 6.45) is -4.52. The van der Waals surface area contributed by atoms with Gasteiger partial charge in [0, 0.05) is 42.8 Å². The van der Waals surface area contributed by atoms with Gasteiger partial charge in [-0.3, -0.25) is 4.90 Å². The predicted octanol–water partition coefficient (Wildman–Crippen LogP) is 3.78. The first-order chi connectivity index (χ1) is 17.3. The van der Waals surface area contributed by atoms with Crippen LogP contribution in [0.1, 0.15) is 17.7 Å². The van der Waals surface area contributed by atoms with Crippen molar-refractivity contribution in [2.75, 3.05) is 39.9 Å². The quantitative estimate of drug-likeness (QED) is 0.478. The molecule has 0 amide bonds. The van der Waals surface area contributed by atoms with Crippen LogP contribution < -0.4 is 14.8 Å². The maximum atomic E-state index is 12.9. The van der Waals surface area contributed by atoms with Crippen LogP contribution in [-0.2, 0) is 21.5 Å². The zero-order valence-corrected chi connectivity index (χ0v) is 19.9. The van der Waals surface area contributed by atoms with Crippen molar-refractivity contribution in [3.05, 3.63) is 59.8 Å². The number of esters is 1. The number of para-hydroxylation sites is 1. The van der Waals surface area contributed by atoms with Gasteiger partial charge in [0.1, 0.15) is 24.2 Å². The molecule has 0 radical (unpaired) electrons. The van der Waals surface area contributed by atoms with E-state index in [1.54, 1.807) is 31.4 Å². The van der Waals surface area contributed by atoms with Gasteiger partial charge in [0.2, 0.25) is 0 Å². The van der Waals surface area contributed by atoms with E-state index < -0.39 is 18.2 Å². The number of hydrogen-bond acceptors (Lipinski definition) is 6. The lowest BCUT2D eigenvalue weighted by molar-refractivity contribution is -0.206. The van der Waals surface area contributed by atoms with Crippen LogP contribution in [0.3, 0.4) is 0 Å². The minimum Gasteiger partial charge on any atom is -0.497 e. The van der Waals surface area contributed by atoms with E-state index in [1.807, 2.05) is 29.2 Å². The molecule has 1 fully saturated rings. The number of carbonyl (C=O) groups excluding carboxylic acids is 1. The lowest BCUT2D eigenvalue weighted by atomic mass is 9.86. The smallest absolute Gasteiger partial charge is 0.490 e. The lowest BCUT2D eigenvalue weighted by Crippen LogP contribution is -2.50. The van der Waals surface area contributed by atoms with Crippen molar-refractivity contribution in [1.82, 2.24) is 15.2 Å². The monoisotopic (exact) mass is 503 g/mol. The van der Waals surface area contributed by atoms with Crippen LogP contribution in [0.15, 0.2) is 48.5 Å². The third-order valence-electron chi connectivity index (χ3n) is 6.92. The fourth-order valence-electron chi connectivity index (χ4n) is 5.27. The van der Waals surface area contributed by atoms with E-state index in [-0.39, 0.29) is 18.7 Å². The Morgan fingerprint density at radius 1 is 1.17 bits per heavy atom. The van der Waals surface area contributed by atoms with Crippen molar-refractivity contribution in [3.63, 3.8) is 0 Å². The number of alkyl halides is 3. The molecule has 192 valence electrons. The Morgan fingerprint density at radius 2 is 1.97 bits per heavy atom. The Labute approximate surface area is 206 Å². The van der Waals surface area contributed by atoms with Crippen molar-refractivity contribution >= 4 is 16.9 Å². The number of H-pyrrole nitrogens is 1. The molecule has 10 heteroatoms. The minimum atomic E-state index is -5.07. The summed E-state index contributed by atoms with van der Waals surface area (Å²) in [7, 11) is 1.64. The summed E-state index contributed by atoms with van der Waals surface area (Å²) < 4.78 is 54.7. The van der Waals surface area contributed by atoms with Gasteiger partial charge in [0.25, 0.3) is 0 Å². The molecule has 0 saturated carbocycles. The average molecular weight is 504 g/mol. The second-order valence-electron chi connectivity index (χ2n) is 9.28. The number of methoxy groups -OCH3 is 1. The first kappa shape index (κ1) is 24.5. The van der Waals surface area contributed by atoms with Crippen molar-refractivity contribution in [2.45, 2.75) is 30.7 Å². The number of nitrogens with one attached hydrogen (secondary N) is 2. The molecule has 1 saturated heterocycles. The summed E-state index contributed by atoms with van der Waals surface area (Å²) in [5.74, 6) is -0.922. The topological polar surface area (TPSA) is 75.8 Å². The molecular formula is C26H28F3N3O4. The van der Waals surface area contributed by atoms with Crippen molar-refractivity contribution in [2.24, 2.45) is 0 Å². The van der Waals surface area contributed by atoms with Gasteiger partial charge in [0.05, 0.1) is 12.6 Å². The van der Waals surface area contributed by atoms with Gasteiger partial charge in [-0.1, -0.05) is 18.2 Å². The Bertz CT molecular complexity index is 1230. The maximum Gasteiger partial charge on any atom is 0.490 e. The Balaban J connectivity index is 1.34. The first-order valence-electron chi connectivity index (χ1n) is 11.9. The molecule has 5 rings (SSSR count). The van der Waals surface area contributed by atoms with Crippen LogP contribution in [0, 0.1) is 0 Å². The molecule has 1 spiro atoms. The van der Waals surface area contributed by atoms with E-state index in [2.05, 4.69) is 10.3 Å². The van der Waals surface area contributed by atoms with Crippen LogP contribution >= 0.6 is 0 Å². The fraction of sp³-hybridized carbons (Fsp3) is 0.423. The lowest BCUT2D eigenvalue weighted by Gasteiger charge is -2.35. The normalized spacial score (nSPS) is 20.9. The summed E-state index contributed by atoms with van der Waals surface area (Å²) in [6.45, 7) is 1.93. The molecule has 3 aromatic rings. The number of aromatic amines is 1. The van der Waals surface area contributed by atoms with E-state index >= 15 is 0 Å². The van der Waals surface area contributed by atoms with Crippen LogP contribution in [0.5, 0.6) is 11.5 Å². The van der Waals surface area contributed by atoms with Gasteiger partial charge < -0.3 is 24.5 Å². The molecule has 2 unspecified atom stereocenters. The van der Waals surface area contributed by atoms with Gasteiger partial charge in [-0.05, 0) is 48.7 Å². The van der Waals surface area contributed by atoms with E-state index in [0.29, 0.717) is 18.8 Å². The van der Waals surface area contributed by atoms with E-state index in [9.17, 15) is 18.0 Å². The number of ether oxygens (including phenoxy) is 3. The minimum absolute atomic E-state index is 0.126. The molecule has 2 atom stereocenters. The molecule has 3 heterocycles. The van der Waals surface area contributed by atoms with Crippen molar-refractivity contribution in [3.8, 4) is 11.5 Å². The highest BCUT2D eigenvalue weighted by Crippen LogP contribution is 2.40. The molecular weight excluding hydrogens is 475 g/mol. The van der Waals surface area contributed by atoms with Gasteiger partial charge in [-0.2, -0.15) is 13.2 Å². The summed E-state index contributed by atoms with van der Waals surface area (Å²) in [5, 5.41) is 4.77. The van der Waals surface area contributed by atoms with E-state index in [4.69, 9.17) is 14.2 Å². The zero-order chi connectivity index (χ0) is 25.3. The number of rotatable bonds is 7. The Kier molecular flexibility index (Phi) is 6.57. The average Bonchev–Trinajstić information content (AvgIpc) is 3.45. The Hall–Kier alpha value is -3.24. The summed E-state index contributed by atoms with van der Waals surface area (Å²) in [4.78, 5) is 17.2. The third-order valence-corrected chi connectivity index (χ3v) is 6.92. The largest absolute Gasteiger partial charge is 0.497 e. The van der Waals surface area contributed by atoms with Gasteiger partial charge in [-0.15, -0.1) is 0 Å². The zero-order valence-electron chi connectivity index (χ0n) is 19.9. The molecule has 0 bridgehead atoms. The van der Waals surface area contributed by atoms with E-state index in [0.717, 1.165) is 41.7 Å². The molecule has 36 heavy (non-hydrogen) atoms. The molecule has 1 aromatic heterocycles. The molecule has 2 aliphatic heterocycles. The number of nitrogens with zero attached hydrogens (tertiary/aromatic N) is 1. The Morgan fingerprint density at radius 3 is 2.72 bits per heavy atom. The second-order valence-corrected chi connectivity index (χ2v) is 9.28. The first-order valence-corrected chi connectivity index (χ1v) is 11.9. The van der Waals surface area contributed by atoms with E-state index in [1.165, 1.54) is 5.56 Å². The number of carbonyl (C=O) groups is 1. The summed E-state index contributed by atoms with van der Waals surface area (Å²) in [6, 6.07) is 14.7. The van der Waals surface area contributed by atoms with Gasteiger partial charge in [0.15, 0.2) is 0 Å². The number of hydrogen-bond donors (Lipinski definition) is 2. The van der Waals surface area contributed by atoms with Gasteiger partial charge >= 0.3 is 12.1 Å². The van der Waals surface area contributed by atoms with Crippen LogP contribution in [-0.4, -0.2) is 68.0 Å². The molecule has 2 N–H and O–H groups in total. The molecule has 7 nitrogen and oxygen atoms in total. The van der Waals surface area contributed by atoms with Crippen LogP contribution in [0.25, 0.3) is 10.9 Å². The molecule has 0 aliphatic carbocycles. The standard InChI is InChI=1S/C26H28F3N3O4/c1-34-18-7-8-22-21(13-18)20-9-11-30-25(23(20)31-22)10-12-32(16-25)14-19(36-24(33)26(27,28)29)15-35-17-5-3-2-4-6-17/h2-8,13,19,30-31H,9-12,14-16H2,1H3. The van der Waals surface area contributed by atoms with Crippen LogP contribution in [0.2, 0.25) is 0 Å². The van der Waals surface area contributed by atoms with Crippen molar-refractivity contribution in [1.29, 1.82) is 0 Å². The number of fused-ring (bicyclic) bond motifs is 4. The number of aromatic nitrogens is 1. The second kappa shape index (κ2) is 9.67. The number of likely N-dealkylation sites (tertiary alicyclic amines) is 1. The highest BCUT2D eigenvalue weighted by atomic mass is 19.4. The van der Waals surface area contributed by atoms with Crippen LogP contribution in [0.4, 0.5) is 13.2 Å². The predicted molar refractivity (Wildman–Crippen MR) is 127 cm³/mol. The summed E-state index contributed by atoms with van der Waals surface area (Å²) >= 11 is 0. The molecule has 2 aliphatic rings.